The molecule has 0 atom stereocenters. The number of aryl methyl sites for hydroxylation is 3. The lowest BCUT2D eigenvalue weighted by Gasteiger charge is -2.38. The molecule has 3 heterocycles. The summed E-state index contributed by atoms with van der Waals surface area (Å²) in [7, 11) is 0. The van der Waals surface area contributed by atoms with Crippen molar-refractivity contribution in [2.75, 3.05) is 13.1 Å². The summed E-state index contributed by atoms with van der Waals surface area (Å²) in [4.78, 5) is 18.7. The van der Waals surface area contributed by atoms with Gasteiger partial charge in [-0.05, 0) is 77.5 Å². The predicted octanol–water partition coefficient (Wildman–Crippen LogP) is 5.66. The number of aliphatic hydroxyl groups is 1. The van der Waals surface area contributed by atoms with Gasteiger partial charge >= 0.3 is 6.09 Å². The Kier molecular flexibility index (Phi) is 7.74. The Bertz CT molecular complexity index is 1280. The standard InChI is InChI=1S/C30H40N4O3/c1-7-26-25(27-31-21(2)19-22(3)34(27)32-26)20-24-12-10-23(11-13-24)9-8-14-30(36)15-17-33(18-16-30)28(35)37-29(4,5)6/h8-13,19,36H,7,14-18,20H2,1-6H3. The molecule has 2 aromatic heterocycles. The van der Waals surface area contributed by atoms with Gasteiger partial charge in [-0.2, -0.15) is 5.10 Å². The lowest BCUT2D eigenvalue weighted by molar-refractivity contribution is -0.0300. The fraction of sp³-hybridized carbons (Fsp3) is 0.500. The number of fused-ring (bicyclic) bond motifs is 1. The van der Waals surface area contributed by atoms with Gasteiger partial charge in [0, 0.05) is 36.5 Å². The molecule has 0 spiro atoms. The highest BCUT2D eigenvalue weighted by atomic mass is 16.6. The molecule has 0 aliphatic carbocycles. The lowest BCUT2D eigenvalue weighted by Crippen LogP contribution is -2.47. The van der Waals surface area contributed by atoms with E-state index in [2.05, 4.69) is 50.3 Å². The number of aromatic nitrogens is 3. The second kappa shape index (κ2) is 10.7. The maximum atomic E-state index is 12.3. The van der Waals surface area contributed by atoms with Gasteiger partial charge in [0.1, 0.15) is 5.60 Å². The van der Waals surface area contributed by atoms with E-state index in [0.29, 0.717) is 32.4 Å². The van der Waals surface area contributed by atoms with E-state index in [0.717, 1.165) is 41.1 Å². The summed E-state index contributed by atoms with van der Waals surface area (Å²) in [6, 6.07) is 10.6. The first-order valence-corrected chi connectivity index (χ1v) is 13.3. The van der Waals surface area contributed by atoms with Crippen molar-refractivity contribution in [2.24, 2.45) is 0 Å². The number of carbonyl (C=O) groups is 1. The van der Waals surface area contributed by atoms with Crippen molar-refractivity contribution in [3.63, 3.8) is 0 Å². The van der Waals surface area contributed by atoms with Crippen LogP contribution in [0.3, 0.4) is 0 Å². The first kappa shape index (κ1) is 26.9. The van der Waals surface area contributed by atoms with Crippen molar-refractivity contribution in [1.29, 1.82) is 0 Å². The van der Waals surface area contributed by atoms with Gasteiger partial charge < -0.3 is 14.7 Å². The maximum Gasteiger partial charge on any atom is 0.410 e. The van der Waals surface area contributed by atoms with Crippen LogP contribution in [0.5, 0.6) is 0 Å². The number of amides is 1. The van der Waals surface area contributed by atoms with Crippen molar-refractivity contribution in [3.8, 4) is 0 Å². The first-order chi connectivity index (χ1) is 17.5. The number of hydrogen-bond acceptors (Lipinski definition) is 5. The van der Waals surface area contributed by atoms with Crippen LogP contribution in [-0.4, -0.2) is 55.0 Å². The third-order valence-electron chi connectivity index (χ3n) is 6.92. The van der Waals surface area contributed by atoms with E-state index >= 15 is 0 Å². The molecule has 4 rings (SSSR count). The largest absolute Gasteiger partial charge is 0.444 e. The molecule has 1 amide bonds. The third kappa shape index (κ3) is 6.58. The molecule has 3 aromatic rings. The molecule has 7 heteroatoms. The van der Waals surface area contributed by atoms with Crippen molar-refractivity contribution in [3.05, 3.63) is 70.2 Å². The number of piperidine rings is 1. The summed E-state index contributed by atoms with van der Waals surface area (Å²) in [6.07, 6.45) is 7.10. The zero-order valence-corrected chi connectivity index (χ0v) is 23.0. The van der Waals surface area contributed by atoms with Crippen molar-refractivity contribution >= 4 is 17.8 Å². The maximum absolute atomic E-state index is 12.3. The molecule has 37 heavy (non-hydrogen) atoms. The molecule has 198 valence electrons. The van der Waals surface area contributed by atoms with Gasteiger partial charge in [-0.1, -0.05) is 43.3 Å². The van der Waals surface area contributed by atoms with Crippen LogP contribution in [0, 0.1) is 13.8 Å². The zero-order valence-electron chi connectivity index (χ0n) is 23.0. The molecule has 0 saturated carbocycles. The van der Waals surface area contributed by atoms with Crippen LogP contribution in [-0.2, 0) is 17.6 Å². The Balaban J connectivity index is 1.36. The number of ether oxygens (including phenoxy) is 1. The monoisotopic (exact) mass is 504 g/mol. The van der Waals surface area contributed by atoms with Crippen LogP contribution in [0.1, 0.15) is 80.7 Å². The molecule has 1 fully saturated rings. The minimum atomic E-state index is -0.793. The number of carbonyl (C=O) groups excluding carboxylic acids is 1. The Labute approximate surface area is 220 Å². The van der Waals surface area contributed by atoms with E-state index in [1.165, 1.54) is 11.1 Å². The normalized spacial score (nSPS) is 16.0. The van der Waals surface area contributed by atoms with Crippen LogP contribution in [0.2, 0.25) is 0 Å². The highest BCUT2D eigenvalue weighted by molar-refractivity contribution is 5.68. The van der Waals surface area contributed by atoms with Crippen molar-refractivity contribution in [2.45, 2.75) is 84.8 Å². The molecule has 0 bridgehead atoms. The fourth-order valence-corrected chi connectivity index (χ4v) is 4.88. The van der Waals surface area contributed by atoms with E-state index in [-0.39, 0.29) is 6.09 Å². The topological polar surface area (TPSA) is 80.0 Å². The highest BCUT2D eigenvalue weighted by Gasteiger charge is 2.34. The summed E-state index contributed by atoms with van der Waals surface area (Å²) in [5.74, 6) is 0. The molecule has 1 saturated heterocycles. The highest BCUT2D eigenvalue weighted by Crippen LogP contribution is 2.28. The second-order valence-electron chi connectivity index (χ2n) is 11.3. The summed E-state index contributed by atoms with van der Waals surface area (Å²) >= 11 is 0. The van der Waals surface area contributed by atoms with Crippen LogP contribution >= 0.6 is 0 Å². The van der Waals surface area contributed by atoms with Gasteiger partial charge in [-0.25, -0.2) is 14.3 Å². The van der Waals surface area contributed by atoms with E-state index in [1.54, 1.807) is 4.90 Å². The van der Waals surface area contributed by atoms with Gasteiger partial charge in [0.15, 0.2) is 5.65 Å². The van der Waals surface area contributed by atoms with Gasteiger partial charge in [0.2, 0.25) is 0 Å². The molecule has 1 aromatic carbocycles. The molecule has 1 aliphatic rings. The quantitative estimate of drug-likeness (QED) is 0.468. The van der Waals surface area contributed by atoms with Crippen LogP contribution in [0.25, 0.3) is 11.7 Å². The average Bonchev–Trinajstić information content (AvgIpc) is 3.17. The molecule has 1 aliphatic heterocycles. The van der Waals surface area contributed by atoms with Gasteiger partial charge in [-0.15, -0.1) is 0 Å². The summed E-state index contributed by atoms with van der Waals surface area (Å²) in [5, 5.41) is 15.8. The van der Waals surface area contributed by atoms with Crippen molar-refractivity contribution < 1.29 is 14.6 Å². The van der Waals surface area contributed by atoms with E-state index < -0.39 is 11.2 Å². The smallest absolute Gasteiger partial charge is 0.410 e. The Morgan fingerprint density at radius 3 is 2.46 bits per heavy atom. The number of likely N-dealkylation sites (tertiary alicyclic amines) is 1. The third-order valence-corrected chi connectivity index (χ3v) is 6.92. The molecular formula is C30H40N4O3. The first-order valence-electron chi connectivity index (χ1n) is 13.3. The van der Waals surface area contributed by atoms with Crippen LogP contribution < -0.4 is 0 Å². The summed E-state index contributed by atoms with van der Waals surface area (Å²) in [6.45, 7) is 12.8. The molecule has 0 radical (unpaired) electrons. The number of rotatable bonds is 6. The predicted molar refractivity (Wildman–Crippen MR) is 147 cm³/mol. The number of hydrogen-bond donors (Lipinski definition) is 1. The Morgan fingerprint density at radius 2 is 1.84 bits per heavy atom. The molecule has 1 N–H and O–H groups in total. The molecular weight excluding hydrogens is 464 g/mol. The van der Waals surface area contributed by atoms with Crippen molar-refractivity contribution in [1.82, 2.24) is 19.5 Å². The average molecular weight is 505 g/mol. The Morgan fingerprint density at radius 1 is 1.16 bits per heavy atom. The van der Waals surface area contributed by atoms with Crippen LogP contribution in [0.4, 0.5) is 4.79 Å². The number of nitrogens with zero attached hydrogens (tertiary/aromatic N) is 4. The summed E-state index contributed by atoms with van der Waals surface area (Å²) < 4.78 is 7.41. The number of benzene rings is 1. The SMILES string of the molecule is CCc1nn2c(C)cc(C)nc2c1Cc1ccc(C=CCC2(O)CCN(C(=O)OC(C)(C)C)CC2)cc1. The zero-order chi connectivity index (χ0) is 26.8. The van der Waals surface area contributed by atoms with E-state index in [4.69, 9.17) is 14.8 Å². The summed E-state index contributed by atoms with van der Waals surface area (Å²) in [5.41, 5.74) is 6.35. The van der Waals surface area contributed by atoms with E-state index in [9.17, 15) is 9.90 Å². The second-order valence-corrected chi connectivity index (χ2v) is 11.3. The van der Waals surface area contributed by atoms with E-state index in [1.807, 2.05) is 38.3 Å². The minimum absolute atomic E-state index is 0.304. The Hall–Kier alpha value is -3.19. The van der Waals surface area contributed by atoms with Gasteiger partial charge in [-0.3, -0.25) is 0 Å². The molecule has 7 nitrogen and oxygen atoms in total. The minimum Gasteiger partial charge on any atom is -0.444 e. The van der Waals surface area contributed by atoms with Gasteiger partial charge in [0.25, 0.3) is 0 Å². The molecule has 0 unspecified atom stereocenters. The lowest BCUT2D eigenvalue weighted by atomic mass is 9.88. The van der Waals surface area contributed by atoms with Gasteiger partial charge in [0.05, 0.1) is 11.3 Å². The fourth-order valence-electron chi connectivity index (χ4n) is 4.88. The van der Waals surface area contributed by atoms with Crippen LogP contribution in [0.15, 0.2) is 36.4 Å².